The number of hydrogen-bond acceptors (Lipinski definition) is 7. The second-order valence-corrected chi connectivity index (χ2v) is 7.40. The van der Waals surface area contributed by atoms with Crippen molar-refractivity contribution in [2.45, 2.75) is 19.1 Å². The molecule has 164 valence electrons. The van der Waals surface area contributed by atoms with Crippen LogP contribution in [-0.4, -0.2) is 78.7 Å². The Hall–Kier alpha value is -3.45. The number of nitrogens with two attached hydrogens (primary N) is 1. The van der Waals surface area contributed by atoms with Crippen molar-refractivity contribution in [3.05, 3.63) is 47.0 Å². The minimum Gasteiger partial charge on any atom is -0.473 e. The number of ether oxygens (including phenoxy) is 1. The first-order valence-electron chi connectivity index (χ1n) is 9.97. The van der Waals surface area contributed by atoms with Crippen molar-refractivity contribution in [1.82, 2.24) is 14.7 Å². The lowest BCUT2D eigenvalue weighted by Crippen LogP contribution is -2.52. The summed E-state index contributed by atoms with van der Waals surface area (Å²) in [6.07, 6.45) is 2.42. The summed E-state index contributed by atoms with van der Waals surface area (Å²) in [6.45, 7) is 2.93. The van der Waals surface area contributed by atoms with E-state index in [2.05, 4.69) is 9.89 Å². The fourth-order valence-electron chi connectivity index (χ4n) is 3.83. The van der Waals surface area contributed by atoms with Gasteiger partial charge in [-0.15, -0.1) is 0 Å². The van der Waals surface area contributed by atoms with Crippen LogP contribution in [0.2, 0.25) is 0 Å². The Balaban J connectivity index is 1.71. The maximum absolute atomic E-state index is 13.5. The lowest BCUT2D eigenvalue weighted by molar-refractivity contribution is -0.133. The Bertz CT molecular complexity index is 942. The molecule has 2 aliphatic heterocycles. The van der Waals surface area contributed by atoms with Crippen LogP contribution >= 0.6 is 0 Å². The van der Waals surface area contributed by atoms with Crippen LogP contribution in [0, 0.1) is 17.1 Å². The number of halogens is 1. The largest absolute Gasteiger partial charge is 0.473 e. The summed E-state index contributed by atoms with van der Waals surface area (Å²) in [5, 5.41) is 8.96. The van der Waals surface area contributed by atoms with Gasteiger partial charge in [-0.1, -0.05) is 6.07 Å². The average Bonchev–Trinajstić information content (AvgIpc) is 3.07. The number of nitrogens with zero attached hydrogens (tertiary/aromatic N) is 5. The van der Waals surface area contributed by atoms with E-state index < -0.39 is 5.82 Å². The summed E-state index contributed by atoms with van der Waals surface area (Å²) in [4.78, 5) is 33.0. The van der Waals surface area contributed by atoms with E-state index in [0.29, 0.717) is 44.6 Å². The zero-order valence-electron chi connectivity index (χ0n) is 17.3. The molecular formula is C21H25FN6O3. The number of rotatable bonds is 6. The van der Waals surface area contributed by atoms with Gasteiger partial charge in [0.15, 0.2) is 0 Å². The van der Waals surface area contributed by atoms with E-state index in [4.69, 9.17) is 15.7 Å². The molecule has 1 aromatic rings. The molecule has 0 spiro atoms. The molecule has 3 rings (SSSR count). The third-order valence-corrected chi connectivity index (χ3v) is 5.33. The normalized spacial score (nSPS) is 19.9. The van der Waals surface area contributed by atoms with Crippen LogP contribution in [0.4, 0.5) is 4.39 Å². The molecule has 2 aliphatic rings. The zero-order valence-corrected chi connectivity index (χ0v) is 17.3. The summed E-state index contributed by atoms with van der Waals surface area (Å²) in [7, 11) is 1.92. The summed E-state index contributed by atoms with van der Waals surface area (Å²) in [6, 6.07) is 6.02. The highest BCUT2D eigenvalue weighted by Gasteiger charge is 2.37. The van der Waals surface area contributed by atoms with Gasteiger partial charge in [-0.2, -0.15) is 10.3 Å². The molecule has 2 N–H and O–H groups in total. The molecule has 1 aromatic carbocycles. The molecule has 2 saturated heterocycles. The number of benzene rings is 1. The molecule has 2 fully saturated rings. The highest BCUT2D eigenvalue weighted by atomic mass is 19.1. The number of likely N-dealkylation sites (N-methyl/N-ethyl adjacent to an activating group) is 1. The average molecular weight is 428 g/mol. The second-order valence-electron chi connectivity index (χ2n) is 7.40. The van der Waals surface area contributed by atoms with Crippen molar-refractivity contribution in [2.24, 2.45) is 10.7 Å². The maximum Gasteiger partial charge on any atom is 0.236 e. The molecular weight excluding hydrogens is 403 g/mol. The first kappa shape index (κ1) is 22.2. The third kappa shape index (κ3) is 5.19. The molecule has 0 bridgehead atoms. The van der Waals surface area contributed by atoms with Crippen LogP contribution in [0.1, 0.15) is 17.5 Å². The van der Waals surface area contributed by atoms with Crippen molar-refractivity contribution < 1.29 is 18.7 Å². The van der Waals surface area contributed by atoms with Crippen LogP contribution < -0.4 is 5.73 Å². The summed E-state index contributed by atoms with van der Waals surface area (Å²) in [5.41, 5.74) is 6.01. The molecule has 10 heteroatoms. The maximum atomic E-state index is 13.5. The monoisotopic (exact) mass is 428 g/mol. The summed E-state index contributed by atoms with van der Waals surface area (Å²) < 4.78 is 19.2. The lowest BCUT2D eigenvalue weighted by atomic mass is 10.1. The number of amides is 2. The Kier molecular flexibility index (Phi) is 7.20. The molecule has 0 aromatic heterocycles. The van der Waals surface area contributed by atoms with Gasteiger partial charge in [0, 0.05) is 52.3 Å². The fraction of sp³-hybridized carbons (Fsp3) is 0.429. The Labute approximate surface area is 180 Å². The predicted molar refractivity (Wildman–Crippen MR) is 111 cm³/mol. The van der Waals surface area contributed by atoms with Gasteiger partial charge in [0.1, 0.15) is 24.3 Å². The van der Waals surface area contributed by atoms with Crippen molar-refractivity contribution >= 4 is 18.2 Å². The Morgan fingerprint density at radius 2 is 2.23 bits per heavy atom. The van der Waals surface area contributed by atoms with E-state index in [-0.39, 0.29) is 30.0 Å². The minimum absolute atomic E-state index is 0.0277. The standard InChI is InChI=1S/C21H25FN6O3/c1-26-11-17-12-27(21(30)4-5-23)6-7-28(17)20(26)9-19(25-14-29)31-13-15-2-3-18(22)16(8-15)10-24/h2-3,8-9,14,17H,4-7,11-13,23H2,1H3/b20-9+,25-19+. The van der Waals surface area contributed by atoms with E-state index in [0.717, 1.165) is 12.4 Å². The van der Waals surface area contributed by atoms with Gasteiger partial charge in [-0.25, -0.2) is 4.39 Å². The molecule has 2 amide bonds. The molecule has 31 heavy (non-hydrogen) atoms. The van der Waals surface area contributed by atoms with Gasteiger partial charge in [0.05, 0.1) is 11.6 Å². The Morgan fingerprint density at radius 1 is 1.42 bits per heavy atom. The van der Waals surface area contributed by atoms with Gasteiger partial charge in [-0.05, 0) is 17.7 Å². The molecule has 0 saturated carbocycles. The van der Waals surface area contributed by atoms with E-state index in [1.165, 1.54) is 18.2 Å². The SMILES string of the molecule is CN1CC2CN(C(=O)CCN)CCN2/C1=C/C(=N\C=O)OCc1ccc(F)c(C#N)c1. The number of nitriles is 1. The van der Waals surface area contributed by atoms with Crippen molar-refractivity contribution in [2.75, 3.05) is 39.8 Å². The minimum atomic E-state index is -0.599. The molecule has 0 radical (unpaired) electrons. The molecule has 0 aliphatic carbocycles. The lowest BCUT2D eigenvalue weighted by Gasteiger charge is -2.38. The number of fused-ring (bicyclic) bond motifs is 1. The first-order valence-corrected chi connectivity index (χ1v) is 9.97. The van der Waals surface area contributed by atoms with Gasteiger partial charge < -0.3 is 25.2 Å². The first-order chi connectivity index (χ1) is 15.0. The third-order valence-electron chi connectivity index (χ3n) is 5.33. The summed E-state index contributed by atoms with van der Waals surface area (Å²) in [5.74, 6) is 0.415. The number of aliphatic imine (C=N–C) groups is 1. The van der Waals surface area contributed by atoms with Crippen LogP contribution in [0.5, 0.6) is 0 Å². The van der Waals surface area contributed by atoms with Crippen molar-refractivity contribution in [1.29, 1.82) is 5.26 Å². The van der Waals surface area contributed by atoms with Crippen molar-refractivity contribution in [3.63, 3.8) is 0 Å². The highest BCUT2D eigenvalue weighted by molar-refractivity contribution is 5.92. The molecule has 2 heterocycles. The second kappa shape index (κ2) is 10.0. The quantitative estimate of drug-likeness (QED) is 0.397. The highest BCUT2D eigenvalue weighted by Crippen LogP contribution is 2.26. The van der Waals surface area contributed by atoms with E-state index >= 15 is 0 Å². The fourth-order valence-corrected chi connectivity index (χ4v) is 3.83. The van der Waals surface area contributed by atoms with Crippen LogP contribution in [0.15, 0.2) is 35.1 Å². The zero-order chi connectivity index (χ0) is 22.4. The topological polar surface area (TPSA) is 115 Å². The Morgan fingerprint density at radius 3 is 2.94 bits per heavy atom. The van der Waals surface area contributed by atoms with Gasteiger partial charge in [0.25, 0.3) is 0 Å². The van der Waals surface area contributed by atoms with Gasteiger partial charge >= 0.3 is 0 Å². The van der Waals surface area contributed by atoms with E-state index in [1.807, 2.05) is 16.8 Å². The number of hydrogen-bond donors (Lipinski definition) is 1. The number of carbonyl (C=O) groups is 2. The molecule has 9 nitrogen and oxygen atoms in total. The number of piperazine rings is 1. The van der Waals surface area contributed by atoms with Crippen molar-refractivity contribution in [3.8, 4) is 6.07 Å². The predicted octanol–water partition coefficient (Wildman–Crippen LogP) is 0.417. The van der Waals surface area contributed by atoms with Crippen LogP contribution in [0.25, 0.3) is 0 Å². The van der Waals surface area contributed by atoms with Gasteiger partial charge in [-0.3, -0.25) is 9.59 Å². The smallest absolute Gasteiger partial charge is 0.236 e. The van der Waals surface area contributed by atoms with Gasteiger partial charge in [0.2, 0.25) is 18.2 Å². The van der Waals surface area contributed by atoms with E-state index in [9.17, 15) is 14.0 Å². The van der Waals surface area contributed by atoms with Crippen LogP contribution in [-0.2, 0) is 20.9 Å². The number of carbonyl (C=O) groups excluding carboxylic acids is 2. The van der Waals surface area contributed by atoms with Crippen LogP contribution in [0.3, 0.4) is 0 Å². The molecule has 1 unspecified atom stereocenters. The summed E-state index contributed by atoms with van der Waals surface area (Å²) >= 11 is 0. The molecule has 1 atom stereocenters. The van der Waals surface area contributed by atoms with E-state index in [1.54, 1.807) is 12.1 Å².